The maximum Gasteiger partial charge on any atom is 0.242 e. The van der Waals surface area contributed by atoms with Gasteiger partial charge in [-0.2, -0.15) is 0 Å². The van der Waals surface area contributed by atoms with Crippen molar-refractivity contribution in [2.24, 2.45) is 0 Å². The Morgan fingerprint density at radius 1 is 1.06 bits per heavy atom. The molecule has 0 unspecified atom stereocenters. The van der Waals surface area contributed by atoms with Crippen LogP contribution in [0.4, 0.5) is 0 Å². The van der Waals surface area contributed by atoms with Crippen LogP contribution in [0.15, 0.2) is 53.4 Å². The van der Waals surface area contributed by atoms with Gasteiger partial charge in [-0.05, 0) is 44.0 Å². The fourth-order valence-corrected chi connectivity index (χ4v) is 5.12. The minimum absolute atomic E-state index is 0.0894. The molecule has 0 heterocycles. The Morgan fingerprint density at radius 3 is 2.35 bits per heavy atom. The molecule has 4 nitrogen and oxygen atoms in total. The van der Waals surface area contributed by atoms with Gasteiger partial charge >= 0.3 is 0 Å². The number of hydrogen-bond acceptors (Lipinski definition) is 3. The molecule has 31 heavy (non-hydrogen) atoms. The Balaban J connectivity index is 1.70. The zero-order valence-corrected chi connectivity index (χ0v) is 20.0. The van der Waals surface area contributed by atoms with E-state index in [1.807, 2.05) is 30.3 Å². The molecule has 0 aliphatic heterocycles. The first kappa shape index (κ1) is 24.0. The second-order valence-electron chi connectivity index (χ2n) is 7.80. The lowest BCUT2D eigenvalue weighted by atomic mass is 10.1. The van der Waals surface area contributed by atoms with Crippen LogP contribution in [0.5, 0.6) is 0 Å². The van der Waals surface area contributed by atoms with E-state index in [2.05, 4.69) is 5.32 Å². The first-order valence-corrected chi connectivity index (χ1v) is 12.4. The summed E-state index contributed by atoms with van der Waals surface area (Å²) in [6.07, 6.45) is 4.58. The van der Waals surface area contributed by atoms with Gasteiger partial charge in [-0.15, -0.1) is 11.8 Å². The van der Waals surface area contributed by atoms with E-state index in [0.29, 0.717) is 27.8 Å². The first-order valence-electron chi connectivity index (χ1n) is 10.7. The average molecular weight is 479 g/mol. The van der Waals surface area contributed by atoms with Gasteiger partial charge < -0.3 is 10.2 Å². The number of halogens is 2. The van der Waals surface area contributed by atoms with E-state index in [9.17, 15) is 9.59 Å². The Hall–Kier alpha value is -1.69. The molecule has 1 aliphatic carbocycles. The van der Waals surface area contributed by atoms with E-state index in [4.69, 9.17) is 23.2 Å². The van der Waals surface area contributed by atoms with Crippen LogP contribution in [-0.2, 0) is 16.1 Å². The zero-order valence-electron chi connectivity index (χ0n) is 17.7. The molecule has 0 radical (unpaired) electrons. The minimum atomic E-state index is -0.609. The van der Waals surface area contributed by atoms with Gasteiger partial charge in [0.2, 0.25) is 11.8 Å². The van der Waals surface area contributed by atoms with Gasteiger partial charge in [0.15, 0.2) is 0 Å². The summed E-state index contributed by atoms with van der Waals surface area (Å²) in [6.45, 7) is 1.98. The summed E-state index contributed by atoms with van der Waals surface area (Å²) < 4.78 is 0. The summed E-state index contributed by atoms with van der Waals surface area (Å²) in [5.74, 6) is 0.416. The second-order valence-corrected chi connectivity index (χ2v) is 9.78. The molecule has 2 aromatic carbocycles. The summed E-state index contributed by atoms with van der Waals surface area (Å²) in [5, 5.41) is 4.09. The number of rotatable bonds is 9. The normalized spacial score (nSPS) is 14.9. The number of hydrogen-bond donors (Lipinski definition) is 1. The van der Waals surface area contributed by atoms with Crippen molar-refractivity contribution in [2.75, 3.05) is 5.75 Å². The SMILES string of the molecule is C[C@H](C(=O)NC1CCCC1)N(Cc1c(Cl)cccc1Cl)C(=O)CCSc1ccccc1. The van der Waals surface area contributed by atoms with Gasteiger partial charge in [0, 0.05) is 45.3 Å². The van der Waals surface area contributed by atoms with Crippen molar-refractivity contribution in [2.45, 2.75) is 62.6 Å². The van der Waals surface area contributed by atoms with E-state index in [1.165, 1.54) is 0 Å². The predicted molar refractivity (Wildman–Crippen MR) is 129 cm³/mol. The van der Waals surface area contributed by atoms with Crippen molar-refractivity contribution < 1.29 is 9.59 Å². The fraction of sp³-hybridized carbons (Fsp3) is 0.417. The van der Waals surface area contributed by atoms with Gasteiger partial charge in [-0.25, -0.2) is 0 Å². The largest absolute Gasteiger partial charge is 0.352 e. The molecule has 1 aliphatic rings. The van der Waals surface area contributed by atoms with Crippen molar-refractivity contribution in [1.82, 2.24) is 10.2 Å². The van der Waals surface area contributed by atoms with Crippen molar-refractivity contribution in [3.05, 3.63) is 64.1 Å². The molecule has 166 valence electrons. The van der Waals surface area contributed by atoms with Crippen molar-refractivity contribution in [3.8, 4) is 0 Å². The van der Waals surface area contributed by atoms with Crippen LogP contribution >= 0.6 is 35.0 Å². The molecule has 1 saturated carbocycles. The van der Waals surface area contributed by atoms with E-state index < -0.39 is 6.04 Å². The fourth-order valence-electron chi connectivity index (χ4n) is 3.74. The van der Waals surface area contributed by atoms with E-state index >= 15 is 0 Å². The van der Waals surface area contributed by atoms with Crippen molar-refractivity contribution in [1.29, 1.82) is 0 Å². The number of nitrogens with one attached hydrogen (secondary N) is 1. The highest BCUT2D eigenvalue weighted by atomic mass is 35.5. The average Bonchev–Trinajstić information content (AvgIpc) is 3.27. The summed E-state index contributed by atoms with van der Waals surface area (Å²) >= 11 is 14.3. The highest BCUT2D eigenvalue weighted by Crippen LogP contribution is 2.27. The molecule has 1 fully saturated rings. The molecule has 0 saturated heterocycles. The van der Waals surface area contributed by atoms with Crippen LogP contribution in [0.3, 0.4) is 0 Å². The maximum absolute atomic E-state index is 13.2. The van der Waals surface area contributed by atoms with Crippen LogP contribution in [0.2, 0.25) is 10.0 Å². The lowest BCUT2D eigenvalue weighted by Gasteiger charge is -2.30. The Morgan fingerprint density at radius 2 is 1.71 bits per heavy atom. The number of carbonyl (C=O) groups excluding carboxylic acids is 2. The standard InChI is InChI=1S/C24H28Cl2N2O2S/c1-17(24(30)27-18-8-5-6-9-18)28(16-20-21(25)12-7-13-22(20)26)23(29)14-15-31-19-10-3-2-4-11-19/h2-4,7,10-13,17-18H,5-6,8-9,14-16H2,1H3,(H,27,30)/t17-/m1/s1. The van der Waals surface area contributed by atoms with E-state index in [0.717, 1.165) is 30.6 Å². The number of carbonyl (C=O) groups is 2. The number of nitrogens with zero attached hydrogens (tertiary/aromatic N) is 1. The minimum Gasteiger partial charge on any atom is -0.352 e. The molecular weight excluding hydrogens is 451 g/mol. The monoisotopic (exact) mass is 478 g/mol. The van der Waals surface area contributed by atoms with Crippen molar-refractivity contribution >= 4 is 46.8 Å². The van der Waals surface area contributed by atoms with Crippen LogP contribution in [-0.4, -0.2) is 34.6 Å². The highest BCUT2D eigenvalue weighted by Gasteiger charge is 2.29. The summed E-state index contributed by atoms with van der Waals surface area (Å²) in [6, 6.07) is 14.8. The van der Waals surface area contributed by atoms with Gasteiger partial charge in [-0.1, -0.05) is 60.3 Å². The Labute approximate surface area is 198 Å². The number of amides is 2. The van der Waals surface area contributed by atoms with E-state index in [-0.39, 0.29) is 24.4 Å². The molecule has 0 bridgehead atoms. The Kier molecular flexibility index (Phi) is 9.12. The third-order valence-corrected chi connectivity index (χ3v) is 7.31. The zero-order chi connectivity index (χ0) is 22.2. The molecule has 2 amide bonds. The molecule has 0 aromatic heterocycles. The lowest BCUT2D eigenvalue weighted by molar-refractivity contribution is -0.140. The van der Waals surface area contributed by atoms with Crippen LogP contribution in [0, 0.1) is 0 Å². The highest BCUT2D eigenvalue weighted by molar-refractivity contribution is 7.99. The summed E-state index contributed by atoms with van der Waals surface area (Å²) in [5.41, 5.74) is 0.662. The molecule has 3 rings (SSSR count). The van der Waals surface area contributed by atoms with Gasteiger partial charge in [-0.3, -0.25) is 9.59 Å². The van der Waals surface area contributed by atoms with Gasteiger partial charge in [0.25, 0.3) is 0 Å². The first-order chi connectivity index (χ1) is 15.0. The number of thioether (sulfide) groups is 1. The molecule has 1 N–H and O–H groups in total. The topological polar surface area (TPSA) is 49.4 Å². The lowest BCUT2D eigenvalue weighted by Crippen LogP contribution is -2.49. The summed E-state index contributed by atoms with van der Waals surface area (Å²) in [7, 11) is 0. The number of benzene rings is 2. The van der Waals surface area contributed by atoms with Crippen LogP contribution < -0.4 is 5.32 Å². The maximum atomic E-state index is 13.2. The van der Waals surface area contributed by atoms with Crippen LogP contribution in [0.25, 0.3) is 0 Å². The molecular formula is C24H28Cl2N2O2S. The second kappa shape index (κ2) is 11.8. The van der Waals surface area contributed by atoms with Gasteiger partial charge in [0.05, 0.1) is 0 Å². The smallest absolute Gasteiger partial charge is 0.242 e. The Bertz CT molecular complexity index is 868. The molecule has 0 spiro atoms. The molecule has 2 aromatic rings. The third kappa shape index (κ3) is 6.90. The third-order valence-electron chi connectivity index (χ3n) is 5.59. The molecule has 7 heteroatoms. The predicted octanol–water partition coefficient (Wildman–Crippen LogP) is 5.95. The van der Waals surface area contributed by atoms with E-state index in [1.54, 1.807) is 41.8 Å². The van der Waals surface area contributed by atoms with Crippen LogP contribution in [0.1, 0.15) is 44.6 Å². The molecule has 1 atom stereocenters. The van der Waals surface area contributed by atoms with Crippen molar-refractivity contribution in [3.63, 3.8) is 0 Å². The summed E-state index contributed by atoms with van der Waals surface area (Å²) in [4.78, 5) is 28.8. The van der Waals surface area contributed by atoms with Gasteiger partial charge in [0.1, 0.15) is 6.04 Å². The quantitative estimate of drug-likeness (QED) is 0.452.